The van der Waals surface area contributed by atoms with Gasteiger partial charge in [-0.15, -0.1) is 0 Å². The molecule has 2 saturated heterocycles. The Hall–Kier alpha value is -1.36. The number of likely N-dealkylation sites (N-methyl/N-ethyl adjacent to an activating group) is 1. The zero-order valence-corrected chi connectivity index (χ0v) is 14.6. The molecule has 2 atom stereocenters. The molecule has 2 fully saturated rings. The normalized spacial score (nSPS) is 27.4. The van der Waals surface area contributed by atoms with Crippen molar-refractivity contribution >= 4 is 19.3 Å². The highest BCUT2D eigenvalue weighted by Gasteiger charge is 2.53. The molecule has 1 aromatic rings. The van der Waals surface area contributed by atoms with Crippen LogP contribution in [-0.4, -0.2) is 54.6 Å². The van der Waals surface area contributed by atoms with Crippen LogP contribution in [-0.2, 0) is 14.1 Å². The summed E-state index contributed by atoms with van der Waals surface area (Å²) in [6.07, 6.45) is 2.12. The van der Waals surface area contributed by atoms with Crippen molar-refractivity contribution in [3.05, 3.63) is 30.3 Å². The Kier molecular flexibility index (Phi) is 4.76. The molecular weight excluding hydrogens is 313 g/mol. The van der Waals surface area contributed by atoms with Crippen LogP contribution in [0.25, 0.3) is 0 Å². The molecule has 0 aromatic heterocycles. The summed E-state index contributed by atoms with van der Waals surface area (Å²) in [5.41, 5.74) is 0.945. The summed E-state index contributed by atoms with van der Waals surface area (Å²) in [6.45, 7) is 3.72. The first-order valence-electron chi connectivity index (χ1n) is 8.15. The molecular formula is C16H24N3O3P. The molecule has 126 valence electrons. The molecule has 7 heteroatoms. The van der Waals surface area contributed by atoms with Gasteiger partial charge in [-0.3, -0.25) is 14.0 Å². The molecule has 2 heterocycles. The molecule has 2 aliphatic heterocycles. The Balaban J connectivity index is 1.90. The zero-order valence-electron chi connectivity index (χ0n) is 13.7. The molecule has 0 radical (unpaired) electrons. The summed E-state index contributed by atoms with van der Waals surface area (Å²) < 4.78 is 24.8. The van der Waals surface area contributed by atoms with Gasteiger partial charge in [-0.05, 0) is 38.9 Å². The number of hydrogen-bond donors (Lipinski definition) is 0. The van der Waals surface area contributed by atoms with E-state index in [9.17, 15) is 9.36 Å². The van der Waals surface area contributed by atoms with Crippen LogP contribution in [0.2, 0.25) is 0 Å². The highest BCUT2D eigenvalue weighted by molar-refractivity contribution is 7.61. The van der Waals surface area contributed by atoms with Crippen LogP contribution in [0.3, 0.4) is 0 Å². The van der Waals surface area contributed by atoms with Gasteiger partial charge in [0.2, 0.25) is 0 Å². The van der Waals surface area contributed by atoms with Crippen molar-refractivity contribution < 1.29 is 14.1 Å². The maximum absolute atomic E-state index is 14.0. The van der Waals surface area contributed by atoms with E-state index < -0.39 is 7.59 Å². The van der Waals surface area contributed by atoms with E-state index in [1.807, 2.05) is 35.0 Å². The van der Waals surface area contributed by atoms with E-state index in [1.54, 1.807) is 18.6 Å². The fraction of sp³-hybridized carbons (Fsp3) is 0.562. The van der Waals surface area contributed by atoms with E-state index in [0.29, 0.717) is 12.6 Å². The lowest BCUT2D eigenvalue weighted by Crippen LogP contribution is -2.35. The summed E-state index contributed by atoms with van der Waals surface area (Å²) in [7, 11) is -1.22. The van der Waals surface area contributed by atoms with E-state index >= 15 is 0 Å². The largest absolute Gasteiger partial charge is 0.465 e. The number of carbonyl (C=O) groups is 1. The Morgan fingerprint density at radius 2 is 2.13 bits per heavy atom. The topological polar surface area (TPSA) is 53.1 Å². The Labute approximate surface area is 137 Å². The lowest BCUT2D eigenvalue weighted by atomic mass is 10.2. The van der Waals surface area contributed by atoms with Gasteiger partial charge in [-0.1, -0.05) is 18.2 Å². The first kappa shape index (κ1) is 16.5. The molecule has 1 aromatic carbocycles. The first-order valence-corrected chi connectivity index (χ1v) is 9.71. The van der Waals surface area contributed by atoms with Gasteiger partial charge in [-0.2, -0.15) is 0 Å². The van der Waals surface area contributed by atoms with Crippen LogP contribution in [0.4, 0.5) is 5.69 Å². The molecule has 0 amide bonds. The number of para-hydroxylation sites is 1. The quantitative estimate of drug-likeness (QED) is 0.608. The van der Waals surface area contributed by atoms with Crippen LogP contribution < -0.4 is 4.67 Å². The minimum atomic E-state index is -2.98. The van der Waals surface area contributed by atoms with E-state index in [2.05, 4.69) is 4.67 Å². The Morgan fingerprint density at radius 3 is 2.83 bits per heavy atom. The van der Waals surface area contributed by atoms with Gasteiger partial charge in [0.25, 0.3) is 0 Å². The number of anilines is 1. The van der Waals surface area contributed by atoms with Crippen molar-refractivity contribution in [1.82, 2.24) is 9.34 Å². The standard InChI is InChI=1S/C16H24N3O3P/c1-3-22-16(20)13-17(2)23(21)18-11-7-10-15(18)12-19(23)14-8-5-4-6-9-14/h4-6,8-9,15H,3,7,10-13H2,1-2H3/t15-,23-/m0/s1. The maximum atomic E-state index is 14.0. The third kappa shape index (κ3) is 2.91. The molecule has 6 nitrogen and oxygen atoms in total. The van der Waals surface area contributed by atoms with Crippen LogP contribution in [0.15, 0.2) is 30.3 Å². The zero-order chi connectivity index (χ0) is 16.4. The van der Waals surface area contributed by atoms with E-state index in [1.165, 1.54) is 0 Å². The molecule has 23 heavy (non-hydrogen) atoms. The number of carbonyl (C=O) groups excluding carboxylic acids is 1. The molecule has 2 aliphatic rings. The van der Waals surface area contributed by atoms with E-state index in [4.69, 9.17) is 4.74 Å². The third-order valence-electron chi connectivity index (χ3n) is 4.54. The molecule has 0 N–H and O–H groups in total. The number of nitrogens with zero attached hydrogens (tertiary/aromatic N) is 3. The van der Waals surface area contributed by atoms with Gasteiger partial charge in [0.1, 0.15) is 6.54 Å². The highest BCUT2D eigenvalue weighted by Crippen LogP contribution is 2.64. The van der Waals surface area contributed by atoms with Crippen molar-refractivity contribution in [3.8, 4) is 0 Å². The van der Waals surface area contributed by atoms with Crippen LogP contribution in [0.1, 0.15) is 19.8 Å². The van der Waals surface area contributed by atoms with Crippen molar-refractivity contribution in [2.45, 2.75) is 25.8 Å². The third-order valence-corrected chi connectivity index (χ3v) is 7.79. The highest BCUT2D eigenvalue weighted by atomic mass is 31.2. The average Bonchev–Trinajstić information content (AvgIpc) is 3.11. The number of fused-ring (bicyclic) bond motifs is 1. The lowest BCUT2D eigenvalue weighted by molar-refractivity contribution is -0.143. The van der Waals surface area contributed by atoms with Crippen LogP contribution in [0.5, 0.6) is 0 Å². The monoisotopic (exact) mass is 337 g/mol. The number of benzene rings is 1. The first-order chi connectivity index (χ1) is 11.1. The summed E-state index contributed by atoms with van der Waals surface area (Å²) in [5.74, 6) is -0.333. The van der Waals surface area contributed by atoms with Gasteiger partial charge in [0.05, 0.1) is 6.61 Å². The van der Waals surface area contributed by atoms with Crippen LogP contribution >= 0.6 is 7.59 Å². The van der Waals surface area contributed by atoms with Crippen molar-refractivity contribution in [2.75, 3.05) is 38.0 Å². The van der Waals surface area contributed by atoms with Crippen molar-refractivity contribution in [1.29, 1.82) is 0 Å². The second kappa shape index (κ2) is 6.63. The average molecular weight is 337 g/mol. The molecule has 0 unspecified atom stereocenters. The summed E-state index contributed by atoms with van der Waals surface area (Å²) in [5, 5.41) is 0. The predicted octanol–water partition coefficient (Wildman–Crippen LogP) is 2.57. The fourth-order valence-corrected chi connectivity index (χ4v) is 6.70. The second-order valence-corrected chi connectivity index (χ2v) is 8.72. The summed E-state index contributed by atoms with van der Waals surface area (Å²) in [4.78, 5) is 11.9. The van der Waals surface area contributed by atoms with Gasteiger partial charge in [0.15, 0.2) is 0 Å². The van der Waals surface area contributed by atoms with Gasteiger partial charge in [0, 0.05) is 24.8 Å². The van der Waals surface area contributed by atoms with Gasteiger partial charge in [-0.25, -0.2) is 9.34 Å². The number of esters is 1. The SMILES string of the molecule is CCOC(=O)CN(C)[P@@]1(=O)N(c2ccccc2)C[C@@H]2CCCN21. The number of rotatable bonds is 5. The van der Waals surface area contributed by atoms with Crippen LogP contribution in [0, 0.1) is 0 Å². The molecule has 0 spiro atoms. The van der Waals surface area contributed by atoms with Crippen molar-refractivity contribution in [2.24, 2.45) is 0 Å². The van der Waals surface area contributed by atoms with E-state index in [-0.39, 0.29) is 12.5 Å². The number of hydrogen-bond acceptors (Lipinski definition) is 3. The Morgan fingerprint density at radius 1 is 1.39 bits per heavy atom. The molecule has 0 aliphatic carbocycles. The minimum Gasteiger partial charge on any atom is -0.465 e. The maximum Gasteiger partial charge on any atom is 0.320 e. The van der Waals surface area contributed by atoms with Gasteiger partial charge < -0.3 is 4.74 Å². The molecule has 0 saturated carbocycles. The summed E-state index contributed by atoms with van der Waals surface area (Å²) in [6, 6.07) is 10.1. The molecule has 3 rings (SSSR count). The molecule has 0 bridgehead atoms. The fourth-order valence-electron chi connectivity index (χ4n) is 3.52. The smallest absolute Gasteiger partial charge is 0.320 e. The number of ether oxygens (including phenoxy) is 1. The van der Waals surface area contributed by atoms with Gasteiger partial charge >= 0.3 is 13.6 Å². The summed E-state index contributed by atoms with van der Waals surface area (Å²) >= 11 is 0. The van der Waals surface area contributed by atoms with Crippen molar-refractivity contribution in [3.63, 3.8) is 0 Å². The second-order valence-electron chi connectivity index (χ2n) is 6.01. The minimum absolute atomic E-state index is 0.0394. The Bertz CT molecular complexity index is 610. The van der Waals surface area contributed by atoms with E-state index in [0.717, 1.165) is 31.6 Å². The predicted molar refractivity (Wildman–Crippen MR) is 90.4 cm³/mol. The lowest BCUT2D eigenvalue weighted by Gasteiger charge is -2.36.